The number of hydrogen-bond donors (Lipinski definition) is 0. The molecule has 0 aliphatic rings. The van der Waals surface area contributed by atoms with E-state index in [0.29, 0.717) is 0 Å². The summed E-state index contributed by atoms with van der Waals surface area (Å²) in [4.78, 5) is 1.17. The summed E-state index contributed by atoms with van der Waals surface area (Å²) in [7, 11) is 0. The predicted molar refractivity (Wildman–Crippen MR) is 55.8 cm³/mol. The van der Waals surface area contributed by atoms with Crippen LogP contribution in [0.15, 0.2) is 30.7 Å². The summed E-state index contributed by atoms with van der Waals surface area (Å²) in [6.45, 7) is 3.12. The first kappa shape index (κ1) is 9.27. The van der Waals surface area contributed by atoms with E-state index < -0.39 is 0 Å². The Morgan fingerprint density at radius 3 is 2.93 bits per heavy atom. The SMILES string of the molecule is CCC[n+]1ccc(-c2ccns2)cn1. The topological polar surface area (TPSA) is 29.7 Å². The monoisotopic (exact) mass is 206 g/mol. The molecule has 0 N–H and O–H groups in total. The minimum absolute atomic E-state index is 0.975. The highest BCUT2D eigenvalue weighted by molar-refractivity contribution is 7.09. The Morgan fingerprint density at radius 1 is 1.43 bits per heavy atom. The van der Waals surface area contributed by atoms with Gasteiger partial charge in [-0.25, -0.2) is 4.37 Å². The van der Waals surface area contributed by atoms with Crippen molar-refractivity contribution in [2.45, 2.75) is 19.9 Å². The highest BCUT2D eigenvalue weighted by Crippen LogP contribution is 2.20. The molecule has 2 heterocycles. The number of rotatable bonds is 3. The van der Waals surface area contributed by atoms with Crippen LogP contribution in [0.3, 0.4) is 0 Å². The van der Waals surface area contributed by atoms with Crippen molar-refractivity contribution in [2.75, 3.05) is 0 Å². The minimum atomic E-state index is 0.975. The molecule has 0 fully saturated rings. The molecular weight excluding hydrogens is 194 g/mol. The lowest BCUT2D eigenvalue weighted by Gasteiger charge is -1.93. The second kappa shape index (κ2) is 4.28. The highest BCUT2D eigenvalue weighted by Gasteiger charge is 2.04. The van der Waals surface area contributed by atoms with E-state index in [0.717, 1.165) is 18.5 Å². The smallest absolute Gasteiger partial charge is 0.196 e. The molecule has 0 aliphatic carbocycles. The van der Waals surface area contributed by atoms with Crippen LogP contribution >= 0.6 is 11.5 Å². The number of nitrogens with zero attached hydrogens (tertiary/aromatic N) is 3. The van der Waals surface area contributed by atoms with E-state index >= 15 is 0 Å². The normalized spacial score (nSPS) is 10.4. The lowest BCUT2D eigenvalue weighted by Crippen LogP contribution is -2.36. The van der Waals surface area contributed by atoms with Crippen LogP contribution in [0, 0.1) is 0 Å². The Hall–Kier alpha value is -1.29. The summed E-state index contributed by atoms with van der Waals surface area (Å²) >= 11 is 1.50. The zero-order valence-corrected chi connectivity index (χ0v) is 8.87. The van der Waals surface area contributed by atoms with Crippen molar-refractivity contribution in [1.29, 1.82) is 0 Å². The van der Waals surface area contributed by atoms with Gasteiger partial charge in [0, 0.05) is 24.2 Å². The number of aromatic nitrogens is 3. The van der Waals surface area contributed by atoms with Gasteiger partial charge in [-0.1, -0.05) is 11.6 Å². The van der Waals surface area contributed by atoms with Gasteiger partial charge in [-0.05, 0) is 22.7 Å². The molecule has 0 aromatic carbocycles. The molecule has 4 heteroatoms. The second-order valence-corrected chi connectivity index (χ2v) is 3.89. The Bertz CT molecular complexity index is 380. The summed E-state index contributed by atoms with van der Waals surface area (Å²) < 4.78 is 6.01. The summed E-state index contributed by atoms with van der Waals surface area (Å²) in [6, 6.07) is 4.09. The van der Waals surface area contributed by atoms with E-state index in [9.17, 15) is 0 Å². The summed E-state index contributed by atoms with van der Waals surface area (Å²) in [6.07, 6.45) is 6.83. The molecule has 0 aliphatic heterocycles. The molecule has 0 saturated carbocycles. The van der Waals surface area contributed by atoms with E-state index in [1.54, 1.807) is 0 Å². The molecule has 0 bridgehead atoms. The van der Waals surface area contributed by atoms with Crippen molar-refractivity contribution >= 4 is 11.5 Å². The van der Waals surface area contributed by atoms with Crippen molar-refractivity contribution < 1.29 is 4.68 Å². The molecule has 14 heavy (non-hydrogen) atoms. The van der Waals surface area contributed by atoms with Crippen LogP contribution in [0.25, 0.3) is 10.4 Å². The van der Waals surface area contributed by atoms with Crippen molar-refractivity contribution in [2.24, 2.45) is 0 Å². The highest BCUT2D eigenvalue weighted by atomic mass is 32.1. The van der Waals surface area contributed by atoms with Crippen LogP contribution in [0.2, 0.25) is 0 Å². The van der Waals surface area contributed by atoms with Gasteiger partial charge in [0.2, 0.25) is 0 Å². The molecule has 2 aromatic heterocycles. The van der Waals surface area contributed by atoms with Crippen molar-refractivity contribution in [3.05, 3.63) is 30.7 Å². The van der Waals surface area contributed by atoms with Gasteiger partial charge in [-0.15, -0.1) is 0 Å². The first-order valence-electron chi connectivity index (χ1n) is 4.67. The van der Waals surface area contributed by atoms with Crippen LogP contribution in [-0.4, -0.2) is 9.47 Å². The molecule has 0 atom stereocenters. The molecule has 0 amide bonds. The molecule has 0 unspecified atom stereocenters. The van der Waals surface area contributed by atoms with Crippen LogP contribution in [0.5, 0.6) is 0 Å². The number of hydrogen-bond acceptors (Lipinski definition) is 3. The van der Waals surface area contributed by atoms with Gasteiger partial charge in [0.1, 0.15) is 6.20 Å². The first-order chi connectivity index (χ1) is 6.90. The van der Waals surface area contributed by atoms with Gasteiger partial charge >= 0.3 is 0 Å². The van der Waals surface area contributed by atoms with Gasteiger partial charge in [0.05, 0.1) is 4.88 Å². The van der Waals surface area contributed by atoms with E-state index in [2.05, 4.69) is 22.5 Å². The summed E-state index contributed by atoms with van der Waals surface area (Å²) in [5.74, 6) is 0. The summed E-state index contributed by atoms with van der Waals surface area (Å²) in [5, 5.41) is 4.32. The Kier molecular flexibility index (Phi) is 2.84. The second-order valence-electron chi connectivity index (χ2n) is 3.06. The fraction of sp³-hybridized carbons (Fsp3) is 0.300. The third-order valence-electron chi connectivity index (χ3n) is 1.95. The van der Waals surface area contributed by atoms with Crippen molar-refractivity contribution in [1.82, 2.24) is 9.47 Å². The largest absolute Gasteiger partial charge is 0.201 e. The number of aryl methyl sites for hydroxylation is 1. The maximum Gasteiger partial charge on any atom is 0.196 e. The lowest BCUT2D eigenvalue weighted by molar-refractivity contribution is -0.753. The Morgan fingerprint density at radius 2 is 2.36 bits per heavy atom. The maximum atomic E-state index is 4.32. The van der Waals surface area contributed by atoms with Crippen LogP contribution in [0.1, 0.15) is 13.3 Å². The Balaban J connectivity index is 2.22. The molecule has 72 valence electrons. The molecule has 0 radical (unpaired) electrons. The minimum Gasteiger partial charge on any atom is -0.201 e. The van der Waals surface area contributed by atoms with Gasteiger partial charge in [-0.2, -0.15) is 0 Å². The first-order valence-corrected chi connectivity index (χ1v) is 5.44. The van der Waals surface area contributed by atoms with Crippen LogP contribution in [0.4, 0.5) is 0 Å². The zero-order valence-electron chi connectivity index (χ0n) is 8.05. The van der Waals surface area contributed by atoms with Gasteiger partial charge in [0.15, 0.2) is 12.7 Å². The average Bonchev–Trinajstić information content (AvgIpc) is 2.72. The van der Waals surface area contributed by atoms with E-state index in [1.807, 2.05) is 29.3 Å². The standard InChI is InChI=1S/C10H12N3S/c1-2-6-13-7-4-9(8-11-13)10-3-5-12-14-10/h3-5,7-8H,2,6H2,1H3/q+1. The lowest BCUT2D eigenvalue weighted by atomic mass is 10.3. The van der Waals surface area contributed by atoms with E-state index in [4.69, 9.17) is 0 Å². The molecular formula is C10H12N3S+. The van der Waals surface area contributed by atoms with Gasteiger partial charge in [0.25, 0.3) is 0 Å². The fourth-order valence-electron chi connectivity index (χ4n) is 1.26. The van der Waals surface area contributed by atoms with Crippen molar-refractivity contribution in [3.63, 3.8) is 0 Å². The zero-order chi connectivity index (χ0) is 9.80. The summed E-state index contributed by atoms with van der Waals surface area (Å²) in [5.41, 5.74) is 1.14. The fourth-order valence-corrected chi connectivity index (χ4v) is 1.84. The molecule has 2 rings (SSSR count). The molecule has 2 aromatic rings. The molecule has 0 saturated heterocycles. The Labute approximate surface area is 87.2 Å². The van der Waals surface area contributed by atoms with Gasteiger partial charge in [-0.3, -0.25) is 0 Å². The third-order valence-corrected chi connectivity index (χ3v) is 2.74. The van der Waals surface area contributed by atoms with Crippen molar-refractivity contribution in [3.8, 4) is 10.4 Å². The third kappa shape index (κ3) is 1.96. The van der Waals surface area contributed by atoms with Crippen LogP contribution < -0.4 is 4.68 Å². The average molecular weight is 206 g/mol. The van der Waals surface area contributed by atoms with E-state index in [-0.39, 0.29) is 0 Å². The maximum absolute atomic E-state index is 4.32. The van der Waals surface area contributed by atoms with Crippen LogP contribution in [-0.2, 0) is 6.54 Å². The van der Waals surface area contributed by atoms with Gasteiger partial charge < -0.3 is 0 Å². The molecule has 3 nitrogen and oxygen atoms in total. The predicted octanol–water partition coefficient (Wildman–Crippen LogP) is 1.90. The van der Waals surface area contributed by atoms with E-state index in [1.165, 1.54) is 16.4 Å². The quantitative estimate of drug-likeness (QED) is 0.718. The molecule has 0 spiro atoms.